The summed E-state index contributed by atoms with van der Waals surface area (Å²) in [6, 6.07) is 0. The number of hydrogen-bond donors (Lipinski definition) is 1. The van der Waals surface area contributed by atoms with Gasteiger partial charge >= 0.3 is 12.1 Å². The third-order valence-electron chi connectivity index (χ3n) is 2.53. The van der Waals surface area contributed by atoms with E-state index in [0.717, 1.165) is 0 Å². The minimum Gasteiger partial charge on any atom is -0.461 e. The summed E-state index contributed by atoms with van der Waals surface area (Å²) in [6.07, 6.45) is -3.21. The van der Waals surface area contributed by atoms with Crippen LogP contribution in [0.1, 0.15) is 47.4 Å². The van der Waals surface area contributed by atoms with Crippen LogP contribution < -0.4 is 0 Å². The van der Waals surface area contributed by atoms with Crippen LogP contribution in [0, 0.1) is 0 Å². The highest BCUT2D eigenvalue weighted by Crippen LogP contribution is 2.45. The van der Waals surface area contributed by atoms with Gasteiger partial charge in [-0.3, -0.25) is 5.10 Å². The van der Waals surface area contributed by atoms with Crippen molar-refractivity contribution in [3.63, 3.8) is 0 Å². The van der Waals surface area contributed by atoms with Crippen molar-refractivity contribution >= 4 is 5.97 Å². The van der Waals surface area contributed by atoms with E-state index in [1.807, 2.05) is 0 Å². The second-order valence-electron chi connectivity index (χ2n) is 3.85. The van der Waals surface area contributed by atoms with Crippen LogP contribution in [0.4, 0.5) is 13.2 Å². The number of nitrogens with one attached hydrogen (secondary N) is 1. The first-order valence-corrected chi connectivity index (χ1v) is 5.27. The summed E-state index contributed by atoms with van der Waals surface area (Å²) in [5, 5.41) is 5.75. The van der Waals surface area contributed by atoms with E-state index < -0.39 is 23.4 Å². The van der Waals surface area contributed by atoms with Crippen LogP contribution in [0.25, 0.3) is 0 Å². The zero-order valence-electron chi connectivity index (χ0n) is 9.10. The van der Waals surface area contributed by atoms with Gasteiger partial charge in [0.15, 0.2) is 5.69 Å². The molecule has 1 aromatic heterocycles. The first kappa shape index (κ1) is 11.9. The zero-order chi connectivity index (χ0) is 12.6. The highest BCUT2D eigenvalue weighted by Gasteiger charge is 2.44. The zero-order valence-corrected chi connectivity index (χ0v) is 9.10. The first-order valence-electron chi connectivity index (χ1n) is 5.27. The van der Waals surface area contributed by atoms with Crippen molar-refractivity contribution in [2.24, 2.45) is 0 Å². The number of esters is 1. The van der Waals surface area contributed by atoms with E-state index in [1.54, 1.807) is 0 Å². The molecular weight excluding hydrogens is 237 g/mol. The SMILES string of the molecule is CCOC(=O)c1n[nH]c(C2CC2)c1C(F)(F)F. The van der Waals surface area contributed by atoms with Gasteiger partial charge in [0.1, 0.15) is 5.56 Å². The van der Waals surface area contributed by atoms with E-state index in [1.165, 1.54) is 6.92 Å². The molecule has 0 saturated heterocycles. The second kappa shape index (κ2) is 4.05. The first-order chi connectivity index (χ1) is 7.95. The van der Waals surface area contributed by atoms with E-state index in [2.05, 4.69) is 14.9 Å². The molecule has 94 valence electrons. The van der Waals surface area contributed by atoms with E-state index in [-0.39, 0.29) is 18.2 Å². The van der Waals surface area contributed by atoms with Gasteiger partial charge in [-0.15, -0.1) is 0 Å². The molecule has 1 N–H and O–H groups in total. The highest BCUT2D eigenvalue weighted by atomic mass is 19.4. The predicted octanol–water partition coefficient (Wildman–Crippen LogP) is 2.48. The van der Waals surface area contributed by atoms with E-state index >= 15 is 0 Å². The van der Waals surface area contributed by atoms with Gasteiger partial charge in [0.25, 0.3) is 0 Å². The number of carbonyl (C=O) groups is 1. The maximum Gasteiger partial charge on any atom is 0.420 e. The predicted molar refractivity (Wildman–Crippen MR) is 51.5 cm³/mol. The molecule has 0 radical (unpaired) electrons. The molecule has 4 nitrogen and oxygen atoms in total. The normalized spacial score (nSPS) is 16.0. The van der Waals surface area contributed by atoms with Crippen molar-refractivity contribution in [3.05, 3.63) is 17.0 Å². The topological polar surface area (TPSA) is 55.0 Å². The molecule has 1 fully saturated rings. The van der Waals surface area contributed by atoms with Gasteiger partial charge in [-0.1, -0.05) is 0 Å². The molecule has 1 aromatic rings. The summed E-state index contributed by atoms with van der Waals surface area (Å²) >= 11 is 0. The average molecular weight is 248 g/mol. The molecule has 1 aliphatic carbocycles. The van der Waals surface area contributed by atoms with Crippen LogP contribution in [0.3, 0.4) is 0 Å². The van der Waals surface area contributed by atoms with Crippen molar-refractivity contribution in [2.75, 3.05) is 6.61 Å². The Balaban J connectivity index is 2.42. The standard InChI is InChI=1S/C10H11F3N2O2/c1-2-17-9(16)8-6(10(11,12)13)7(14-15-8)5-3-4-5/h5H,2-4H2,1H3,(H,14,15). The Hall–Kier alpha value is -1.53. The van der Waals surface area contributed by atoms with Crippen LogP contribution in [-0.4, -0.2) is 22.8 Å². The van der Waals surface area contributed by atoms with Crippen LogP contribution in [0.15, 0.2) is 0 Å². The third kappa shape index (κ3) is 2.27. The Labute approximate surface area is 95.1 Å². The quantitative estimate of drug-likeness (QED) is 0.836. The van der Waals surface area contributed by atoms with Gasteiger partial charge < -0.3 is 4.74 Å². The van der Waals surface area contributed by atoms with Crippen molar-refractivity contribution in [2.45, 2.75) is 31.9 Å². The highest BCUT2D eigenvalue weighted by molar-refractivity contribution is 5.89. The number of rotatable bonds is 3. The third-order valence-corrected chi connectivity index (χ3v) is 2.53. The number of hydrogen-bond acceptors (Lipinski definition) is 3. The Morgan fingerprint density at radius 3 is 2.65 bits per heavy atom. The van der Waals surface area contributed by atoms with Crippen molar-refractivity contribution < 1.29 is 22.7 Å². The number of carbonyl (C=O) groups excluding carboxylic acids is 1. The molecule has 0 unspecified atom stereocenters. The molecule has 2 rings (SSSR count). The largest absolute Gasteiger partial charge is 0.461 e. The smallest absolute Gasteiger partial charge is 0.420 e. The fraction of sp³-hybridized carbons (Fsp3) is 0.600. The maximum atomic E-state index is 12.9. The van der Waals surface area contributed by atoms with Gasteiger partial charge in [-0.2, -0.15) is 18.3 Å². The fourth-order valence-corrected chi connectivity index (χ4v) is 1.66. The molecule has 0 amide bonds. The fourth-order valence-electron chi connectivity index (χ4n) is 1.66. The lowest BCUT2D eigenvalue weighted by Gasteiger charge is -2.08. The summed E-state index contributed by atoms with van der Waals surface area (Å²) in [7, 11) is 0. The molecule has 0 spiro atoms. The Kier molecular flexibility index (Phi) is 2.84. The minimum absolute atomic E-state index is 0.000512. The molecule has 0 aliphatic heterocycles. The Morgan fingerprint density at radius 1 is 1.53 bits per heavy atom. The van der Waals surface area contributed by atoms with E-state index in [0.29, 0.717) is 12.8 Å². The second-order valence-corrected chi connectivity index (χ2v) is 3.85. The number of H-pyrrole nitrogens is 1. The number of ether oxygens (including phenoxy) is 1. The van der Waals surface area contributed by atoms with Gasteiger partial charge in [-0.05, 0) is 19.8 Å². The molecule has 1 heterocycles. The summed E-state index contributed by atoms with van der Waals surface area (Å²) < 4.78 is 43.1. The Bertz CT molecular complexity index is 435. The monoisotopic (exact) mass is 248 g/mol. The number of alkyl halides is 3. The average Bonchev–Trinajstić information content (AvgIpc) is 2.95. The summed E-state index contributed by atoms with van der Waals surface area (Å²) in [5.41, 5.74) is -1.64. The Morgan fingerprint density at radius 2 is 2.18 bits per heavy atom. The van der Waals surface area contributed by atoms with E-state index in [4.69, 9.17) is 0 Å². The molecule has 17 heavy (non-hydrogen) atoms. The molecule has 1 saturated carbocycles. The molecule has 1 aliphatic rings. The number of nitrogens with zero attached hydrogens (tertiary/aromatic N) is 1. The number of halogens is 3. The van der Waals surface area contributed by atoms with Crippen LogP contribution in [0.2, 0.25) is 0 Å². The van der Waals surface area contributed by atoms with Gasteiger partial charge in [0, 0.05) is 5.92 Å². The van der Waals surface area contributed by atoms with Crippen molar-refractivity contribution in [1.29, 1.82) is 0 Å². The maximum absolute atomic E-state index is 12.9. The number of aromatic nitrogens is 2. The lowest BCUT2D eigenvalue weighted by atomic mass is 10.1. The molecule has 0 atom stereocenters. The van der Waals surface area contributed by atoms with E-state index in [9.17, 15) is 18.0 Å². The van der Waals surface area contributed by atoms with Crippen molar-refractivity contribution in [1.82, 2.24) is 10.2 Å². The lowest BCUT2D eigenvalue weighted by molar-refractivity contribution is -0.138. The van der Waals surface area contributed by atoms with Gasteiger partial charge in [0.2, 0.25) is 0 Å². The van der Waals surface area contributed by atoms with Crippen molar-refractivity contribution in [3.8, 4) is 0 Å². The minimum atomic E-state index is -4.59. The van der Waals surface area contributed by atoms with Gasteiger partial charge in [-0.25, -0.2) is 4.79 Å². The molecular formula is C10H11F3N2O2. The van der Waals surface area contributed by atoms with Gasteiger partial charge in [0.05, 0.1) is 12.3 Å². The molecule has 0 aromatic carbocycles. The number of aromatic amines is 1. The summed E-state index contributed by atoms with van der Waals surface area (Å²) in [6.45, 7) is 1.54. The van der Waals surface area contributed by atoms with Crippen LogP contribution >= 0.6 is 0 Å². The summed E-state index contributed by atoms with van der Waals surface area (Å²) in [4.78, 5) is 11.4. The lowest BCUT2D eigenvalue weighted by Crippen LogP contribution is -2.15. The van der Waals surface area contributed by atoms with Crippen LogP contribution in [-0.2, 0) is 10.9 Å². The molecule has 7 heteroatoms. The summed E-state index contributed by atoms with van der Waals surface area (Å²) in [5.74, 6) is -1.20. The van der Waals surface area contributed by atoms with Crippen LogP contribution in [0.5, 0.6) is 0 Å². The molecule has 0 bridgehead atoms.